The Hall–Kier alpha value is -1.85. The summed E-state index contributed by atoms with van der Waals surface area (Å²) in [7, 11) is 0. The molecule has 0 aromatic carbocycles. The molecule has 0 saturated heterocycles. The van der Waals surface area contributed by atoms with Gasteiger partial charge in [0.15, 0.2) is 5.82 Å². The van der Waals surface area contributed by atoms with Crippen LogP contribution >= 0.6 is 0 Å². The van der Waals surface area contributed by atoms with E-state index in [0.717, 1.165) is 24.5 Å². The van der Waals surface area contributed by atoms with E-state index in [4.69, 9.17) is 4.52 Å². The van der Waals surface area contributed by atoms with Crippen LogP contribution in [-0.4, -0.2) is 19.9 Å². The Morgan fingerprint density at radius 2 is 2.16 bits per heavy atom. The van der Waals surface area contributed by atoms with Gasteiger partial charge in [0.05, 0.1) is 11.9 Å². The van der Waals surface area contributed by atoms with Crippen molar-refractivity contribution in [1.82, 2.24) is 19.9 Å². The molecule has 0 spiro atoms. The minimum absolute atomic E-state index is 0.0284. The summed E-state index contributed by atoms with van der Waals surface area (Å²) in [5, 5.41) is 11.5. The van der Waals surface area contributed by atoms with E-state index < -0.39 is 0 Å². The lowest BCUT2D eigenvalue weighted by Gasteiger charge is -2.08. The van der Waals surface area contributed by atoms with Crippen LogP contribution in [0.5, 0.6) is 0 Å². The molecular weight excluding hydrogens is 242 g/mol. The fraction of sp³-hybridized carbons (Fsp3) is 0.615. The number of aryl methyl sites for hydroxylation is 1. The molecule has 6 nitrogen and oxygen atoms in total. The van der Waals surface area contributed by atoms with Gasteiger partial charge >= 0.3 is 0 Å². The number of hydrogen-bond donors (Lipinski definition) is 1. The van der Waals surface area contributed by atoms with Gasteiger partial charge in [0, 0.05) is 18.7 Å². The Kier molecular flexibility index (Phi) is 4.19. The molecule has 0 saturated carbocycles. The highest BCUT2D eigenvalue weighted by atomic mass is 16.5. The molecule has 1 N–H and O–H groups in total. The van der Waals surface area contributed by atoms with Crippen LogP contribution in [-0.2, 0) is 6.54 Å². The van der Waals surface area contributed by atoms with Crippen molar-refractivity contribution in [1.29, 1.82) is 0 Å². The predicted molar refractivity (Wildman–Crippen MR) is 72.9 cm³/mol. The second-order valence-corrected chi connectivity index (χ2v) is 5.00. The number of nitrogens with zero attached hydrogens (tertiary/aromatic N) is 4. The molecule has 2 rings (SSSR count). The number of hydrogen-bond acceptors (Lipinski definition) is 5. The zero-order chi connectivity index (χ0) is 13.8. The quantitative estimate of drug-likeness (QED) is 0.867. The van der Waals surface area contributed by atoms with Gasteiger partial charge in [-0.25, -0.2) is 0 Å². The first-order chi connectivity index (χ1) is 9.10. The molecule has 0 unspecified atom stereocenters. The first kappa shape index (κ1) is 13.6. The Morgan fingerprint density at radius 1 is 1.37 bits per heavy atom. The average molecular weight is 263 g/mol. The smallest absolute Gasteiger partial charge is 0.248 e. The van der Waals surface area contributed by atoms with Gasteiger partial charge in [0.25, 0.3) is 0 Å². The van der Waals surface area contributed by atoms with E-state index in [0.29, 0.717) is 5.89 Å². The third-order valence-electron chi connectivity index (χ3n) is 2.81. The lowest BCUT2D eigenvalue weighted by atomic mass is 10.2. The highest BCUT2D eigenvalue weighted by molar-refractivity contribution is 5.39. The van der Waals surface area contributed by atoms with Crippen molar-refractivity contribution in [2.24, 2.45) is 0 Å². The van der Waals surface area contributed by atoms with Gasteiger partial charge in [0.2, 0.25) is 5.89 Å². The molecule has 2 aromatic rings. The highest BCUT2D eigenvalue weighted by Gasteiger charge is 2.16. The molecular formula is C13H21N5O. The van der Waals surface area contributed by atoms with Crippen molar-refractivity contribution in [3.63, 3.8) is 0 Å². The number of nitrogens with one attached hydrogen (secondary N) is 1. The summed E-state index contributed by atoms with van der Waals surface area (Å²) < 4.78 is 7.18. The predicted octanol–water partition coefficient (Wildman–Crippen LogP) is 2.97. The largest absolute Gasteiger partial charge is 0.371 e. The van der Waals surface area contributed by atoms with Crippen LogP contribution in [0.4, 0.5) is 5.69 Å². The van der Waals surface area contributed by atoms with Crippen molar-refractivity contribution in [3.8, 4) is 0 Å². The SMILES string of the molecule is CCCn1cc(N[C@@H](C)c2nc(C(C)C)no2)cn1. The molecule has 104 valence electrons. The standard InChI is InChI=1S/C13H21N5O/c1-5-6-18-8-11(7-14-18)15-10(4)13-16-12(9(2)3)17-19-13/h7-10,15H,5-6H2,1-4H3/t10-/m0/s1. The maximum atomic E-state index is 5.26. The summed E-state index contributed by atoms with van der Waals surface area (Å²) in [6.07, 6.45) is 4.86. The molecule has 0 radical (unpaired) electrons. The molecule has 1 atom stereocenters. The van der Waals surface area contributed by atoms with Crippen LogP contribution < -0.4 is 5.32 Å². The summed E-state index contributed by atoms with van der Waals surface area (Å²) >= 11 is 0. The lowest BCUT2D eigenvalue weighted by molar-refractivity contribution is 0.361. The molecule has 0 aliphatic carbocycles. The maximum absolute atomic E-state index is 5.26. The zero-order valence-electron chi connectivity index (χ0n) is 11.9. The summed E-state index contributed by atoms with van der Waals surface area (Å²) in [4.78, 5) is 4.38. The van der Waals surface area contributed by atoms with Crippen LogP contribution in [0.3, 0.4) is 0 Å². The monoisotopic (exact) mass is 263 g/mol. The third kappa shape index (κ3) is 3.33. The van der Waals surface area contributed by atoms with Gasteiger partial charge < -0.3 is 9.84 Å². The first-order valence-corrected chi connectivity index (χ1v) is 6.72. The van der Waals surface area contributed by atoms with Gasteiger partial charge in [-0.15, -0.1) is 0 Å². The van der Waals surface area contributed by atoms with Gasteiger partial charge in [-0.3, -0.25) is 4.68 Å². The average Bonchev–Trinajstić information content (AvgIpc) is 2.98. The number of rotatable bonds is 6. The topological polar surface area (TPSA) is 68.8 Å². The van der Waals surface area contributed by atoms with Gasteiger partial charge in [-0.2, -0.15) is 10.1 Å². The van der Waals surface area contributed by atoms with Gasteiger partial charge in [0.1, 0.15) is 6.04 Å². The van der Waals surface area contributed by atoms with E-state index >= 15 is 0 Å². The van der Waals surface area contributed by atoms with Crippen molar-refractivity contribution in [3.05, 3.63) is 24.1 Å². The van der Waals surface area contributed by atoms with Crippen LogP contribution in [0, 0.1) is 0 Å². The van der Waals surface area contributed by atoms with Crippen molar-refractivity contribution in [2.45, 2.75) is 52.6 Å². The Balaban J connectivity index is 2.00. The van der Waals surface area contributed by atoms with Crippen molar-refractivity contribution >= 4 is 5.69 Å². The summed E-state index contributed by atoms with van der Waals surface area (Å²) in [6.45, 7) is 9.13. The Labute approximate surface area is 113 Å². The highest BCUT2D eigenvalue weighted by Crippen LogP contribution is 2.19. The van der Waals surface area contributed by atoms with E-state index in [1.54, 1.807) is 0 Å². The van der Waals surface area contributed by atoms with Crippen molar-refractivity contribution < 1.29 is 4.52 Å². The van der Waals surface area contributed by atoms with Crippen molar-refractivity contribution in [2.75, 3.05) is 5.32 Å². The lowest BCUT2D eigenvalue weighted by Crippen LogP contribution is -2.06. The fourth-order valence-corrected chi connectivity index (χ4v) is 1.76. The van der Waals surface area contributed by atoms with E-state index in [1.807, 2.05) is 37.8 Å². The third-order valence-corrected chi connectivity index (χ3v) is 2.81. The summed E-state index contributed by atoms with van der Waals surface area (Å²) in [5.41, 5.74) is 0.963. The molecule has 0 fully saturated rings. The van der Waals surface area contributed by atoms with Gasteiger partial charge in [-0.05, 0) is 13.3 Å². The molecule has 0 bridgehead atoms. The van der Waals surface area contributed by atoms with Crippen LogP contribution in [0.25, 0.3) is 0 Å². The van der Waals surface area contributed by atoms with E-state index in [1.165, 1.54) is 0 Å². The normalized spacial score (nSPS) is 12.9. The fourth-order valence-electron chi connectivity index (χ4n) is 1.76. The Morgan fingerprint density at radius 3 is 2.79 bits per heavy atom. The Bertz CT molecular complexity index is 517. The molecule has 6 heteroatoms. The minimum atomic E-state index is -0.0284. The summed E-state index contributed by atoms with van der Waals surface area (Å²) in [6, 6.07) is -0.0284. The van der Waals surface area contributed by atoms with E-state index in [-0.39, 0.29) is 12.0 Å². The second kappa shape index (κ2) is 5.86. The van der Waals surface area contributed by atoms with Crippen LogP contribution in [0.15, 0.2) is 16.9 Å². The van der Waals surface area contributed by atoms with Crippen LogP contribution in [0.1, 0.15) is 57.8 Å². The maximum Gasteiger partial charge on any atom is 0.248 e. The number of aromatic nitrogens is 4. The van der Waals surface area contributed by atoms with E-state index in [9.17, 15) is 0 Å². The summed E-state index contributed by atoms with van der Waals surface area (Å²) in [5.74, 6) is 1.62. The molecule has 0 amide bonds. The molecule has 2 aromatic heterocycles. The minimum Gasteiger partial charge on any atom is -0.371 e. The zero-order valence-corrected chi connectivity index (χ0v) is 11.9. The first-order valence-electron chi connectivity index (χ1n) is 6.72. The molecule has 19 heavy (non-hydrogen) atoms. The van der Waals surface area contributed by atoms with Gasteiger partial charge in [-0.1, -0.05) is 25.9 Å². The number of anilines is 1. The second-order valence-electron chi connectivity index (χ2n) is 5.00. The molecule has 0 aliphatic rings. The van der Waals surface area contributed by atoms with Crippen LogP contribution in [0.2, 0.25) is 0 Å². The molecule has 0 aliphatic heterocycles. The molecule has 2 heterocycles. The van der Waals surface area contributed by atoms with E-state index in [2.05, 4.69) is 27.5 Å².